The van der Waals surface area contributed by atoms with Crippen molar-refractivity contribution in [1.29, 1.82) is 5.26 Å². The molecule has 140 valence electrons. The molecule has 0 radical (unpaired) electrons. The van der Waals surface area contributed by atoms with Crippen molar-refractivity contribution >= 4 is 17.2 Å². The predicted octanol–water partition coefficient (Wildman–Crippen LogP) is 3.60. The number of hydrogen-bond acceptors (Lipinski definition) is 4. The lowest BCUT2D eigenvalue weighted by Gasteiger charge is -2.40. The van der Waals surface area contributed by atoms with Gasteiger partial charge >= 0.3 is 0 Å². The molecule has 0 bridgehead atoms. The van der Waals surface area contributed by atoms with Gasteiger partial charge in [0.1, 0.15) is 0 Å². The summed E-state index contributed by atoms with van der Waals surface area (Å²) in [6.45, 7) is 3.99. The number of thiophene rings is 1. The number of aryl methyl sites for hydroxylation is 1. The Balaban J connectivity index is 1.24. The highest BCUT2D eigenvalue weighted by Crippen LogP contribution is 2.28. The number of carbonyl (C=O) groups excluding carboxylic acids is 1. The van der Waals surface area contributed by atoms with Crippen LogP contribution in [0.25, 0.3) is 0 Å². The van der Waals surface area contributed by atoms with Gasteiger partial charge in [0.2, 0.25) is 5.91 Å². The maximum Gasteiger partial charge on any atom is 0.222 e. The lowest BCUT2D eigenvalue weighted by atomic mass is 9.99. The smallest absolute Gasteiger partial charge is 0.222 e. The van der Waals surface area contributed by atoms with Crippen LogP contribution >= 0.6 is 11.3 Å². The predicted molar refractivity (Wildman–Crippen MR) is 108 cm³/mol. The molecule has 0 aliphatic carbocycles. The highest BCUT2D eigenvalue weighted by molar-refractivity contribution is 7.10. The fourth-order valence-electron chi connectivity index (χ4n) is 4.22. The molecule has 0 spiro atoms. The normalized spacial score (nSPS) is 18.1. The molecule has 1 aromatic carbocycles. The number of fused-ring (bicyclic) bond motifs is 1. The Morgan fingerprint density at radius 2 is 1.93 bits per heavy atom. The quantitative estimate of drug-likeness (QED) is 0.815. The molecule has 1 saturated heterocycles. The van der Waals surface area contributed by atoms with Crippen molar-refractivity contribution in [3.8, 4) is 6.07 Å². The molecular weight excluding hydrogens is 354 g/mol. The second kappa shape index (κ2) is 8.24. The van der Waals surface area contributed by atoms with E-state index in [0.717, 1.165) is 51.0 Å². The highest BCUT2D eigenvalue weighted by Gasteiger charge is 2.29. The SMILES string of the molecule is N#Cc1ccc(CCC(=O)N2CCC(N3CCc4sccc4C3)CC2)cc1. The minimum atomic E-state index is 0.261. The van der Waals surface area contributed by atoms with Crippen LogP contribution in [0.3, 0.4) is 0 Å². The molecule has 2 aliphatic rings. The summed E-state index contributed by atoms with van der Waals surface area (Å²) in [5.41, 5.74) is 3.30. The zero-order valence-electron chi connectivity index (χ0n) is 15.6. The van der Waals surface area contributed by atoms with Crippen LogP contribution in [0.2, 0.25) is 0 Å². The number of likely N-dealkylation sites (tertiary alicyclic amines) is 1. The zero-order chi connectivity index (χ0) is 18.6. The molecule has 0 atom stereocenters. The summed E-state index contributed by atoms with van der Waals surface area (Å²) in [6, 6.07) is 12.6. The van der Waals surface area contributed by atoms with Crippen LogP contribution in [0.1, 0.15) is 40.8 Å². The average Bonchev–Trinajstić information content (AvgIpc) is 3.20. The first-order valence-corrected chi connectivity index (χ1v) is 10.7. The van der Waals surface area contributed by atoms with Crippen molar-refractivity contribution in [2.24, 2.45) is 0 Å². The molecule has 4 nitrogen and oxygen atoms in total. The van der Waals surface area contributed by atoms with Crippen molar-refractivity contribution in [1.82, 2.24) is 9.80 Å². The first kappa shape index (κ1) is 18.2. The Labute approximate surface area is 165 Å². The van der Waals surface area contributed by atoms with Crippen LogP contribution < -0.4 is 0 Å². The fraction of sp³-hybridized carbons (Fsp3) is 0.455. The van der Waals surface area contributed by atoms with Gasteiger partial charge < -0.3 is 4.90 Å². The molecule has 2 aliphatic heterocycles. The van der Waals surface area contributed by atoms with Crippen LogP contribution in [0.5, 0.6) is 0 Å². The number of benzene rings is 1. The zero-order valence-corrected chi connectivity index (χ0v) is 16.4. The summed E-state index contributed by atoms with van der Waals surface area (Å²) in [5, 5.41) is 11.1. The van der Waals surface area contributed by atoms with Crippen LogP contribution in [0.15, 0.2) is 35.7 Å². The summed E-state index contributed by atoms with van der Waals surface area (Å²) < 4.78 is 0. The third kappa shape index (κ3) is 4.23. The number of hydrogen-bond donors (Lipinski definition) is 0. The van der Waals surface area contributed by atoms with E-state index >= 15 is 0 Å². The highest BCUT2D eigenvalue weighted by atomic mass is 32.1. The van der Waals surface area contributed by atoms with Gasteiger partial charge in [0.25, 0.3) is 0 Å². The first-order valence-electron chi connectivity index (χ1n) is 9.79. The molecule has 0 saturated carbocycles. The van der Waals surface area contributed by atoms with Crippen LogP contribution in [-0.2, 0) is 24.2 Å². The maximum atomic E-state index is 12.6. The van der Waals surface area contributed by atoms with E-state index in [1.165, 1.54) is 12.0 Å². The lowest BCUT2D eigenvalue weighted by Crippen LogP contribution is -2.47. The van der Waals surface area contributed by atoms with Gasteiger partial charge in [0.15, 0.2) is 0 Å². The Kier molecular flexibility index (Phi) is 5.56. The molecule has 27 heavy (non-hydrogen) atoms. The number of piperidine rings is 1. The van der Waals surface area contributed by atoms with Gasteiger partial charge in [-0.2, -0.15) is 5.26 Å². The number of amides is 1. The van der Waals surface area contributed by atoms with Gasteiger partial charge in [-0.25, -0.2) is 0 Å². The van der Waals surface area contributed by atoms with E-state index in [1.807, 2.05) is 40.5 Å². The van der Waals surface area contributed by atoms with E-state index in [9.17, 15) is 4.79 Å². The van der Waals surface area contributed by atoms with E-state index in [4.69, 9.17) is 5.26 Å². The summed E-state index contributed by atoms with van der Waals surface area (Å²) in [4.78, 5) is 18.8. The fourth-order valence-corrected chi connectivity index (χ4v) is 5.11. The van der Waals surface area contributed by atoms with Gasteiger partial charge in [-0.05, 0) is 60.4 Å². The Morgan fingerprint density at radius 3 is 2.67 bits per heavy atom. The van der Waals surface area contributed by atoms with E-state index in [2.05, 4.69) is 22.4 Å². The van der Waals surface area contributed by atoms with Gasteiger partial charge in [-0.1, -0.05) is 12.1 Å². The minimum Gasteiger partial charge on any atom is -0.343 e. The number of nitriles is 1. The largest absolute Gasteiger partial charge is 0.343 e. The molecule has 1 aromatic heterocycles. The molecule has 2 aromatic rings. The topological polar surface area (TPSA) is 47.3 Å². The number of carbonyl (C=O) groups is 1. The van der Waals surface area contributed by atoms with Crippen LogP contribution in [0, 0.1) is 11.3 Å². The molecule has 1 fully saturated rings. The molecule has 4 rings (SSSR count). The number of nitrogens with zero attached hydrogens (tertiary/aromatic N) is 3. The number of rotatable bonds is 4. The summed E-state index contributed by atoms with van der Waals surface area (Å²) in [6.07, 6.45) is 4.65. The van der Waals surface area contributed by atoms with Crippen molar-refractivity contribution < 1.29 is 4.79 Å². The summed E-state index contributed by atoms with van der Waals surface area (Å²) >= 11 is 1.89. The molecule has 0 N–H and O–H groups in total. The van der Waals surface area contributed by atoms with Crippen molar-refractivity contribution in [3.63, 3.8) is 0 Å². The van der Waals surface area contributed by atoms with E-state index in [0.29, 0.717) is 18.0 Å². The van der Waals surface area contributed by atoms with Crippen LogP contribution in [0.4, 0.5) is 0 Å². The van der Waals surface area contributed by atoms with Crippen molar-refractivity contribution in [3.05, 3.63) is 57.3 Å². The average molecular weight is 380 g/mol. The van der Waals surface area contributed by atoms with E-state index < -0.39 is 0 Å². The molecular formula is C22H25N3OS. The third-order valence-corrected chi connectivity index (χ3v) is 6.90. The van der Waals surface area contributed by atoms with Crippen molar-refractivity contribution in [2.45, 2.75) is 44.7 Å². The third-order valence-electron chi connectivity index (χ3n) is 5.88. The Bertz CT molecular complexity index is 828. The van der Waals surface area contributed by atoms with E-state index in [-0.39, 0.29) is 5.91 Å². The lowest BCUT2D eigenvalue weighted by molar-refractivity contribution is -0.132. The Morgan fingerprint density at radius 1 is 1.15 bits per heavy atom. The van der Waals surface area contributed by atoms with Gasteiger partial charge in [0, 0.05) is 43.5 Å². The summed E-state index contributed by atoms with van der Waals surface area (Å²) in [5.74, 6) is 0.261. The molecule has 1 amide bonds. The first-order chi connectivity index (χ1) is 13.2. The minimum absolute atomic E-state index is 0.261. The maximum absolute atomic E-state index is 12.6. The molecule has 3 heterocycles. The van der Waals surface area contributed by atoms with E-state index in [1.54, 1.807) is 4.88 Å². The second-order valence-electron chi connectivity index (χ2n) is 7.51. The monoisotopic (exact) mass is 379 g/mol. The standard InChI is InChI=1S/C22H25N3OS/c23-15-18-3-1-17(2-4-18)5-6-22(26)24-11-7-20(8-12-24)25-13-9-21-19(16-25)10-14-27-21/h1-4,10,14,20H,5-9,11-13,16H2. The van der Waals surface area contributed by atoms with Gasteiger partial charge in [-0.15, -0.1) is 11.3 Å². The Hall–Kier alpha value is -2.16. The molecule has 5 heteroatoms. The van der Waals surface area contributed by atoms with Crippen molar-refractivity contribution in [2.75, 3.05) is 19.6 Å². The molecule has 0 unspecified atom stereocenters. The van der Waals surface area contributed by atoms with Gasteiger partial charge in [0.05, 0.1) is 11.6 Å². The second-order valence-corrected chi connectivity index (χ2v) is 8.51. The van der Waals surface area contributed by atoms with Gasteiger partial charge in [-0.3, -0.25) is 9.69 Å². The van der Waals surface area contributed by atoms with Crippen LogP contribution in [-0.4, -0.2) is 41.4 Å². The summed E-state index contributed by atoms with van der Waals surface area (Å²) in [7, 11) is 0.